The second-order valence-electron chi connectivity index (χ2n) is 6.34. The maximum absolute atomic E-state index is 12.9. The van der Waals surface area contributed by atoms with E-state index in [1.165, 1.54) is 28.6 Å². The number of benzene rings is 2. The average molecular weight is 421 g/mol. The zero-order chi connectivity index (χ0) is 20.1. The van der Waals surface area contributed by atoms with Crippen LogP contribution in [0.15, 0.2) is 66.1 Å². The summed E-state index contributed by atoms with van der Waals surface area (Å²) in [5.74, 6) is 0.306. The Balaban J connectivity index is 1.72. The van der Waals surface area contributed by atoms with E-state index >= 15 is 0 Å². The summed E-state index contributed by atoms with van der Waals surface area (Å²) in [6, 6.07) is 12.1. The molecule has 8 heteroatoms. The molecular formula is C20H21ClN2O4S. The number of halogens is 1. The summed E-state index contributed by atoms with van der Waals surface area (Å²) in [6.07, 6.45) is 2.74. The second-order valence-corrected chi connectivity index (χ2v) is 8.67. The molecule has 1 unspecified atom stereocenters. The number of rotatable bonds is 7. The van der Waals surface area contributed by atoms with Crippen LogP contribution in [0.4, 0.5) is 5.69 Å². The van der Waals surface area contributed by atoms with Crippen molar-refractivity contribution < 1.29 is 17.9 Å². The summed E-state index contributed by atoms with van der Waals surface area (Å²) in [5, 5.41) is 3.24. The molecule has 1 saturated heterocycles. The maximum Gasteiger partial charge on any atom is 0.243 e. The highest BCUT2D eigenvalue weighted by Gasteiger charge is 2.39. The number of nitrogens with zero attached hydrogens (tertiary/aromatic N) is 1. The van der Waals surface area contributed by atoms with Gasteiger partial charge in [0.1, 0.15) is 18.4 Å². The Bertz CT molecular complexity index is 943. The zero-order valence-corrected chi connectivity index (χ0v) is 16.7. The Morgan fingerprint density at radius 3 is 2.54 bits per heavy atom. The van der Waals surface area contributed by atoms with Crippen molar-refractivity contribution in [3.8, 4) is 5.75 Å². The van der Waals surface area contributed by atoms with Gasteiger partial charge < -0.3 is 10.1 Å². The molecule has 3 rings (SSSR count). The molecule has 0 saturated carbocycles. The lowest BCUT2D eigenvalue weighted by Crippen LogP contribution is -2.43. The molecule has 0 spiro atoms. The lowest BCUT2D eigenvalue weighted by molar-refractivity contribution is -0.119. The van der Waals surface area contributed by atoms with Gasteiger partial charge in [0.2, 0.25) is 15.9 Å². The van der Waals surface area contributed by atoms with Gasteiger partial charge in [-0.2, -0.15) is 4.31 Å². The monoisotopic (exact) mass is 420 g/mol. The molecule has 1 N–H and O–H groups in total. The molecule has 0 aromatic heterocycles. The van der Waals surface area contributed by atoms with E-state index in [0.29, 0.717) is 42.5 Å². The van der Waals surface area contributed by atoms with E-state index in [9.17, 15) is 13.2 Å². The van der Waals surface area contributed by atoms with E-state index in [-0.39, 0.29) is 10.8 Å². The van der Waals surface area contributed by atoms with E-state index in [0.717, 1.165) is 0 Å². The molecule has 1 heterocycles. The molecule has 1 aliphatic heterocycles. The average Bonchev–Trinajstić information content (AvgIpc) is 3.19. The summed E-state index contributed by atoms with van der Waals surface area (Å²) in [6.45, 7) is 4.28. The van der Waals surface area contributed by atoms with Crippen LogP contribution < -0.4 is 10.1 Å². The molecule has 0 aliphatic carbocycles. The number of carbonyl (C=O) groups excluding carboxylic acids is 1. The summed E-state index contributed by atoms with van der Waals surface area (Å²) >= 11 is 5.84. The molecule has 1 amide bonds. The lowest BCUT2D eigenvalue weighted by atomic mass is 10.2. The molecule has 28 heavy (non-hydrogen) atoms. The van der Waals surface area contributed by atoms with Gasteiger partial charge in [0.25, 0.3) is 0 Å². The molecular weight excluding hydrogens is 400 g/mol. The zero-order valence-electron chi connectivity index (χ0n) is 15.2. The van der Waals surface area contributed by atoms with Crippen molar-refractivity contribution in [3.05, 3.63) is 66.2 Å². The molecule has 6 nitrogen and oxygen atoms in total. The normalized spacial score (nSPS) is 17.2. The van der Waals surface area contributed by atoms with Gasteiger partial charge in [-0.15, -0.1) is 0 Å². The topological polar surface area (TPSA) is 75.7 Å². The highest BCUT2D eigenvalue weighted by Crippen LogP contribution is 2.28. The minimum absolute atomic E-state index is 0.125. The largest absolute Gasteiger partial charge is 0.490 e. The van der Waals surface area contributed by atoms with Gasteiger partial charge in [0.15, 0.2) is 0 Å². The third-order valence-electron chi connectivity index (χ3n) is 4.42. The summed E-state index contributed by atoms with van der Waals surface area (Å²) < 4.78 is 32.5. The van der Waals surface area contributed by atoms with Gasteiger partial charge in [0.05, 0.1) is 4.90 Å². The fourth-order valence-corrected chi connectivity index (χ4v) is 4.83. The van der Waals surface area contributed by atoms with Crippen LogP contribution in [0.3, 0.4) is 0 Å². The van der Waals surface area contributed by atoms with Crippen molar-refractivity contribution in [1.82, 2.24) is 4.31 Å². The van der Waals surface area contributed by atoms with Gasteiger partial charge in [-0.25, -0.2) is 8.42 Å². The minimum Gasteiger partial charge on any atom is -0.490 e. The third kappa shape index (κ3) is 4.55. The van der Waals surface area contributed by atoms with Crippen molar-refractivity contribution in [2.24, 2.45) is 0 Å². The van der Waals surface area contributed by atoms with Crippen LogP contribution in [-0.2, 0) is 14.8 Å². The molecule has 1 aliphatic rings. The Hall–Kier alpha value is -2.35. The molecule has 1 fully saturated rings. The van der Waals surface area contributed by atoms with Crippen LogP contribution in [-0.4, -0.2) is 37.8 Å². The second kappa shape index (κ2) is 8.77. The Morgan fingerprint density at radius 1 is 1.21 bits per heavy atom. The van der Waals surface area contributed by atoms with Crippen LogP contribution in [0.25, 0.3) is 0 Å². The van der Waals surface area contributed by atoms with Crippen LogP contribution in [0.1, 0.15) is 12.8 Å². The van der Waals surface area contributed by atoms with Crippen LogP contribution in [0.2, 0.25) is 5.02 Å². The fraction of sp³-hybridized carbons (Fsp3) is 0.250. The Labute approximate surface area is 169 Å². The SMILES string of the molecule is C=CCOc1ccc(NC(=O)C2CCCN2S(=O)(=O)c2ccc(Cl)cc2)cc1. The molecule has 1 atom stereocenters. The van der Waals surface area contributed by atoms with E-state index < -0.39 is 16.1 Å². The number of ether oxygens (including phenoxy) is 1. The van der Waals surface area contributed by atoms with E-state index in [2.05, 4.69) is 11.9 Å². The number of amides is 1. The van der Waals surface area contributed by atoms with Crippen LogP contribution >= 0.6 is 11.6 Å². The van der Waals surface area contributed by atoms with Crippen LogP contribution in [0.5, 0.6) is 5.75 Å². The number of nitrogens with one attached hydrogen (secondary N) is 1. The van der Waals surface area contributed by atoms with Crippen molar-refractivity contribution >= 4 is 33.2 Å². The van der Waals surface area contributed by atoms with E-state index in [4.69, 9.17) is 16.3 Å². The Morgan fingerprint density at radius 2 is 1.89 bits per heavy atom. The fourth-order valence-electron chi connectivity index (χ4n) is 3.05. The first-order chi connectivity index (χ1) is 13.4. The van der Waals surface area contributed by atoms with Gasteiger partial charge in [-0.3, -0.25) is 4.79 Å². The standard InChI is InChI=1S/C20H21ClN2O4S/c1-2-14-27-17-9-7-16(8-10-17)22-20(24)19-4-3-13-23(19)28(25,26)18-11-5-15(21)6-12-18/h2,5-12,19H,1,3-4,13-14H2,(H,22,24). The van der Waals surface area contributed by atoms with E-state index in [1.54, 1.807) is 30.3 Å². The van der Waals surface area contributed by atoms with Crippen LogP contribution in [0, 0.1) is 0 Å². The quantitative estimate of drug-likeness (QED) is 0.693. The predicted molar refractivity (Wildman–Crippen MR) is 109 cm³/mol. The predicted octanol–water partition coefficient (Wildman–Crippen LogP) is 3.70. The summed E-state index contributed by atoms with van der Waals surface area (Å²) in [7, 11) is -3.77. The number of anilines is 1. The van der Waals surface area contributed by atoms with Gasteiger partial charge in [-0.05, 0) is 61.4 Å². The molecule has 2 aromatic carbocycles. The number of hydrogen-bond acceptors (Lipinski definition) is 4. The maximum atomic E-state index is 12.9. The van der Waals surface area contributed by atoms with E-state index in [1.807, 2.05) is 0 Å². The van der Waals surface area contributed by atoms with Gasteiger partial charge in [-0.1, -0.05) is 24.3 Å². The highest BCUT2D eigenvalue weighted by atomic mass is 35.5. The Kier molecular flexibility index (Phi) is 6.39. The van der Waals surface area contributed by atoms with Gasteiger partial charge in [0, 0.05) is 17.3 Å². The number of hydrogen-bond donors (Lipinski definition) is 1. The number of sulfonamides is 1. The minimum atomic E-state index is -3.77. The first kappa shape index (κ1) is 20.4. The highest BCUT2D eigenvalue weighted by molar-refractivity contribution is 7.89. The van der Waals surface area contributed by atoms with Crippen molar-refractivity contribution in [3.63, 3.8) is 0 Å². The first-order valence-corrected chi connectivity index (χ1v) is 10.7. The summed E-state index contributed by atoms with van der Waals surface area (Å²) in [4.78, 5) is 12.9. The lowest BCUT2D eigenvalue weighted by Gasteiger charge is -2.23. The summed E-state index contributed by atoms with van der Waals surface area (Å²) in [5.41, 5.74) is 0.576. The third-order valence-corrected chi connectivity index (χ3v) is 6.59. The smallest absolute Gasteiger partial charge is 0.243 e. The van der Waals surface area contributed by atoms with Gasteiger partial charge >= 0.3 is 0 Å². The molecule has 148 valence electrons. The first-order valence-electron chi connectivity index (χ1n) is 8.84. The van der Waals surface area contributed by atoms with Crippen molar-refractivity contribution in [2.45, 2.75) is 23.8 Å². The molecule has 0 radical (unpaired) electrons. The van der Waals surface area contributed by atoms with Crippen molar-refractivity contribution in [1.29, 1.82) is 0 Å². The number of carbonyl (C=O) groups is 1. The molecule has 2 aromatic rings. The van der Waals surface area contributed by atoms with Crippen molar-refractivity contribution in [2.75, 3.05) is 18.5 Å². The molecule has 0 bridgehead atoms.